The minimum absolute atomic E-state index is 0.436. The van der Waals surface area contributed by atoms with Crippen LogP contribution in [-0.4, -0.2) is 0 Å². The Morgan fingerprint density at radius 2 is 1.12 bits per heavy atom. The maximum atomic E-state index is 7.04. The van der Waals surface area contributed by atoms with Gasteiger partial charge in [0.1, 0.15) is 0 Å². The van der Waals surface area contributed by atoms with E-state index in [9.17, 15) is 0 Å². The summed E-state index contributed by atoms with van der Waals surface area (Å²) in [6, 6.07) is 7.71. The number of fused-ring (bicyclic) bond motifs is 1. The second-order valence-corrected chi connectivity index (χ2v) is 3.85. The van der Waals surface area contributed by atoms with Crippen molar-refractivity contribution < 1.29 is 0 Å². The van der Waals surface area contributed by atoms with Gasteiger partial charge in [0.2, 0.25) is 0 Å². The van der Waals surface area contributed by atoms with Crippen LogP contribution in [0.2, 0.25) is 0 Å². The highest BCUT2D eigenvalue weighted by Crippen LogP contribution is 2.34. The Bertz CT molecular complexity index is 596. The first kappa shape index (κ1) is 10.2. The molecule has 0 saturated carbocycles. The fraction of sp³-hybridized carbons (Fsp3) is 0.143. The lowest BCUT2D eigenvalue weighted by molar-refractivity contribution is 1.37. The first-order valence-electron chi connectivity index (χ1n) is 4.95. The van der Waals surface area contributed by atoms with E-state index in [0.29, 0.717) is 11.4 Å². The molecule has 0 heterocycles. The van der Waals surface area contributed by atoms with Gasteiger partial charge in [0.05, 0.1) is 13.1 Å². The average Bonchev–Trinajstić information content (AvgIpc) is 2.29. The van der Waals surface area contributed by atoms with Crippen LogP contribution in [0.4, 0.5) is 11.4 Å². The Labute approximate surface area is 94.8 Å². The molecule has 0 saturated heterocycles. The number of benzene rings is 2. The molecule has 0 aromatic heterocycles. The van der Waals surface area contributed by atoms with Crippen molar-refractivity contribution in [3.05, 3.63) is 58.2 Å². The molecule has 0 aliphatic rings. The molecular formula is C14H10N2. The Kier molecular flexibility index (Phi) is 2.35. The van der Waals surface area contributed by atoms with Gasteiger partial charge in [-0.25, -0.2) is 0 Å². The molecule has 2 aromatic rings. The van der Waals surface area contributed by atoms with Crippen LogP contribution in [0.1, 0.15) is 11.1 Å². The highest BCUT2D eigenvalue weighted by atomic mass is 14.7. The van der Waals surface area contributed by atoms with Crippen LogP contribution in [0.3, 0.4) is 0 Å². The second kappa shape index (κ2) is 3.68. The van der Waals surface area contributed by atoms with E-state index in [1.165, 1.54) is 11.1 Å². The lowest BCUT2D eigenvalue weighted by Crippen LogP contribution is -1.81. The van der Waals surface area contributed by atoms with Gasteiger partial charge in [-0.05, 0) is 35.7 Å². The third-order valence-corrected chi connectivity index (χ3v) is 2.79. The van der Waals surface area contributed by atoms with E-state index in [0.717, 1.165) is 10.8 Å². The molecule has 0 bridgehead atoms. The summed E-state index contributed by atoms with van der Waals surface area (Å²) in [5.74, 6) is 0. The van der Waals surface area contributed by atoms with Crippen LogP contribution in [-0.2, 0) is 0 Å². The highest BCUT2D eigenvalue weighted by molar-refractivity contribution is 5.93. The lowest BCUT2D eigenvalue weighted by Gasteiger charge is -2.05. The summed E-state index contributed by atoms with van der Waals surface area (Å²) in [5, 5.41) is 2.06. The zero-order valence-electron chi connectivity index (χ0n) is 9.20. The normalized spacial score (nSPS) is 9.75. The fourth-order valence-electron chi connectivity index (χ4n) is 1.73. The molecule has 2 nitrogen and oxygen atoms in total. The molecule has 0 aliphatic carbocycles. The average molecular weight is 206 g/mol. The molecule has 76 valence electrons. The smallest absolute Gasteiger partial charge is 0.195 e. The van der Waals surface area contributed by atoms with E-state index < -0.39 is 0 Å². The van der Waals surface area contributed by atoms with Gasteiger partial charge in [-0.2, -0.15) is 0 Å². The quantitative estimate of drug-likeness (QED) is 0.559. The molecule has 0 radical (unpaired) electrons. The van der Waals surface area contributed by atoms with E-state index >= 15 is 0 Å². The summed E-state index contributed by atoms with van der Waals surface area (Å²) in [6.45, 7) is 18.2. The van der Waals surface area contributed by atoms with Crippen molar-refractivity contribution in [2.45, 2.75) is 13.8 Å². The van der Waals surface area contributed by atoms with Crippen molar-refractivity contribution in [1.82, 2.24) is 0 Å². The molecule has 0 aliphatic heterocycles. The van der Waals surface area contributed by atoms with E-state index in [1.54, 1.807) is 12.1 Å². The summed E-state index contributed by atoms with van der Waals surface area (Å²) in [5.41, 5.74) is 3.29. The van der Waals surface area contributed by atoms with Crippen LogP contribution in [0, 0.1) is 27.0 Å². The van der Waals surface area contributed by atoms with Gasteiger partial charge in [-0.15, -0.1) is 0 Å². The summed E-state index contributed by atoms with van der Waals surface area (Å²) < 4.78 is 0. The van der Waals surface area contributed by atoms with Crippen molar-refractivity contribution in [2.24, 2.45) is 0 Å². The van der Waals surface area contributed by atoms with E-state index in [4.69, 9.17) is 13.1 Å². The number of hydrogen-bond acceptors (Lipinski definition) is 0. The monoisotopic (exact) mass is 206 g/mol. The maximum Gasteiger partial charge on any atom is 0.195 e. The summed E-state index contributed by atoms with van der Waals surface area (Å²) >= 11 is 0. The first-order valence-corrected chi connectivity index (χ1v) is 4.95. The van der Waals surface area contributed by atoms with Gasteiger partial charge in [0, 0.05) is 0 Å². The van der Waals surface area contributed by atoms with Crippen molar-refractivity contribution in [2.75, 3.05) is 0 Å². The van der Waals surface area contributed by atoms with Crippen LogP contribution in [0.5, 0.6) is 0 Å². The molecule has 0 unspecified atom stereocenters. The van der Waals surface area contributed by atoms with Gasteiger partial charge in [0.25, 0.3) is 0 Å². The van der Waals surface area contributed by atoms with Crippen molar-refractivity contribution in [3.8, 4) is 0 Å². The largest absolute Gasteiger partial charge is 0.250 e. The highest BCUT2D eigenvalue weighted by Gasteiger charge is 2.05. The lowest BCUT2D eigenvalue weighted by atomic mass is 10.0. The third kappa shape index (κ3) is 1.51. The summed E-state index contributed by atoms with van der Waals surface area (Å²) in [4.78, 5) is 6.76. The van der Waals surface area contributed by atoms with Crippen molar-refractivity contribution in [3.63, 3.8) is 0 Å². The molecule has 0 atom stereocenters. The van der Waals surface area contributed by atoms with Crippen molar-refractivity contribution >= 4 is 22.1 Å². The molecule has 16 heavy (non-hydrogen) atoms. The van der Waals surface area contributed by atoms with Crippen LogP contribution < -0.4 is 0 Å². The van der Waals surface area contributed by atoms with Gasteiger partial charge >= 0.3 is 0 Å². The molecular weight excluding hydrogens is 196 g/mol. The Balaban J connectivity index is 2.86. The van der Waals surface area contributed by atoms with Crippen LogP contribution in [0.15, 0.2) is 24.3 Å². The molecule has 2 rings (SSSR count). The fourth-order valence-corrected chi connectivity index (χ4v) is 1.73. The third-order valence-electron chi connectivity index (χ3n) is 2.79. The Hall–Kier alpha value is -2.32. The number of aryl methyl sites for hydroxylation is 2. The molecule has 0 spiro atoms. The minimum atomic E-state index is 0.436. The van der Waals surface area contributed by atoms with E-state index in [2.05, 4.69) is 35.7 Å². The Morgan fingerprint density at radius 3 is 1.44 bits per heavy atom. The number of nitrogens with zero attached hydrogens (tertiary/aromatic N) is 2. The molecule has 2 heteroatoms. The zero-order valence-corrected chi connectivity index (χ0v) is 9.20. The molecule has 0 N–H and O–H groups in total. The topological polar surface area (TPSA) is 8.72 Å². The predicted molar refractivity (Wildman–Crippen MR) is 65.9 cm³/mol. The zero-order chi connectivity index (χ0) is 11.7. The van der Waals surface area contributed by atoms with Gasteiger partial charge in [-0.3, -0.25) is 9.69 Å². The first-order chi connectivity index (χ1) is 7.65. The van der Waals surface area contributed by atoms with Gasteiger partial charge in [0.15, 0.2) is 11.4 Å². The Morgan fingerprint density at radius 1 is 0.750 bits per heavy atom. The van der Waals surface area contributed by atoms with Crippen molar-refractivity contribution in [1.29, 1.82) is 0 Å². The standard InChI is InChI=1S/C14H10N2/c1-9-5-11-7-13(15-3)14(16-4)8-12(11)6-10(9)2/h5-8H,1-2H3. The van der Waals surface area contributed by atoms with E-state index in [-0.39, 0.29) is 0 Å². The summed E-state index contributed by atoms with van der Waals surface area (Å²) in [6.07, 6.45) is 0. The molecule has 0 amide bonds. The van der Waals surface area contributed by atoms with Gasteiger partial charge in [-0.1, -0.05) is 24.3 Å². The van der Waals surface area contributed by atoms with Gasteiger partial charge < -0.3 is 0 Å². The van der Waals surface area contributed by atoms with Crippen LogP contribution in [0.25, 0.3) is 20.5 Å². The SMILES string of the molecule is [C-]#[N+]c1cc2cc(C)c(C)cc2cc1[N+]#[C-]. The maximum absolute atomic E-state index is 7.04. The minimum Gasteiger partial charge on any atom is -0.250 e. The second-order valence-electron chi connectivity index (χ2n) is 3.85. The molecule has 2 aromatic carbocycles. The van der Waals surface area contributed by atoms with E-state index in [1.807, 2.05) is 0 Å². The number of rotatable bonds is 0. The number of hydrogen-bond donors (Lipinski definition) is 0. The van der Waals surface area contributed by atoms with Crippen LogP contribution >= 0.6 is 0 Å². The summed E-state index contributed by atoms with van der Waals surface area (Å²) in [7, 11) is 0. The predicted octanol–water partition coefficient (Wildman–Crippen LogP) is 4.56. The molecule has 0 fully saturated rings.